The zero-order valence-corrected chi connectivity index (χ0v) is 8.42. The molecule has 16 heavy (non-hydrogen) atoms. The van der Waals surface area contributed by atoms with Crippen LogP contribution in [0.25, 0.3) is 6.08 Å². The van der Waals surface area contributed by atoms with Crippen LogP contribution in [-0.2, 0) is 6.18 Å². The lowest BCUT2D eigenvalue weighted by Gasteiger charge is -2.10. The van der Waals surface area contributed by atoms with Gasteiger partial charge in [0.05, 0.1) is 5.56 Å². The number of halogens is 4. The predicted molar refractivity (Wildman–Crippen MR) is 52.8 cm³/mol. The smallest absolute Gasteiger partial charge is 0.206 e. The van der Waals surface area contributed by atoms with E-state index in [2.05, 4.69) is 6.57 Å². The Hall–Kier alpha value is -1.83. The highest BCUT2D eigenvalue weighted by Crippen LogP contribution is 2.33. The Balaban J connectivity index is 0.00000106. The summed E-state index contributed by atoms with van der Waals surface area (Å²) in [6.45, 7) is 5.03. The Labute approximate surface area is 90.6 Å². The van der Waals surface area contributed by atoms with E-state index < -0.39 is 23.1 Å². The summed E-state index contributed by atoms with van der Waals surface area (Å²) < 4.78 is 50.1. The van der Waals surface area contributed by atoms with Crippen LogP contribution in [0.3, 0.4) is 0 Å². The quantitative estimate of drug-likeness (QED) is 0.669. The first kappa shape index (κ1) is 14.2. The van der Waals surface area contributed by atoms with Crippen LogP contribution in [0.5, 0.6) is 0 Å². The number of alkyl halides is 3. The van der Waals surface area contributed by atoms with Crippen LogP contribution in [0.15, 0.2) is 24.3 Å². The van der Waals surface area contributed by atoms with Gasteiger partial charge in [-0.05, 0) is 19.1 Å². The summed E-state index contributed by atoms with van der Waals surface area (Å²) >= 11 is 0. The number of benzene rings is 1. The van der Waals surface area contributed by atoms with E-state index in [-0.39, 0.29) is 0 Å². The fourth-order valence-corrected chi connectivity index (χ4v) is 1.12. The normalized spacial score (nSPS) is 10.9. The molecule has 86 valence electrons. The molecule has 0 fully saturated rings. The molecule has 0 unspecified atom stereocenters. The Morgan fingerprint density at radius 1 is 1.25 bits per heavy atom. The maximum atomic E-state index is 13.0. The van der Waals surface area contributed by atoms with Crippen LogP contribution >= 0.6 is 0 Å². The second-order valence-electron chi connectivity index (χ2n) is 2.70. The highest BCUT2D eigenvalue weighted by molar-refractivity contribution is 5.55. The number of hydrogen-bond donors (Lipinski definition) is 0. The fourth-order valence-electron chi connectivity index (χ4n) is 1.12. The van der Waals surface area contributed by atoms with Crippen molar-refractivity contribution in [2.45, 2.75) is 13.1 Å². The van der Waals surface area contributed by atoms with E-state index in [1.807, 2.05) is 0 Å². The number of nitrogens with zero attached hydrogens (tertiary/aromatic N) is 1. The second-order valence-corrected chi connectivity index (χ2v) is 2.70. The van der Waals surface area contributed by atoms with Crippen molar-refractivity contribution in [3.8, 4) is 6.57 Å². The molecule has 0 heterocycles. The Morgan fingerprint density at radius 2 is 1.81 bits per heavy atom. The van der Waals surface area contributed by atoms with Gasteiger partial charge in [0.1, 0.15) is 5.82 Å². The van der Waals surface area contributed by atoms with Crippen molar-refractivity contribution in [2.75, 3.05) is 0 Å². The molecule has 0 N–H and O–H groups in total. The Bertz CT molecular complexity index is 391. The average Bonchev–Trinajstić information content (AvgIpc) is 2.23. The van der Waals surface area contributed by atoms with Crippen LogP contribution < -0.4 is 0 Å². The SMILES string of the molecule is C#N.C/C=C/c1c(F)cccc1C(F)(F)F. The van der Waals surface area contributed by atoms with Crippen molar-refractivity contribution < 1.29 is 17.6 Å². The summed E-state index contributed by atoms with van der Waals surface area (Å²) in [6.07, 6.45) is -2.04. The third-order valence-electron chi connectivity index (χ3n) is 1.69. The molecule has 0 radical (unpaired) electrons. The Kier molecular flexibility index (Phi) is 5.23. The summed E-state index contributed by atoms with van der Waals surface area (Å²) in [5.41, 5.74) is -1.36. The van der Waals surface area contributed by atoms with Gasteiger partial charge in [0.25, 0.3) is 0 Å². The molecular weight excluding hydrogens is 222 g/mol. The lowest BCUT2D eigenvalue weighted by atomic mass is 10.1. The zero-order valence-electron chi connectivity index (χ0n) is 8.42. The van der Waals surface area contributed by atoms with Crippen molar-refractivity contribution in [3.63, 3.8) is 0 Å². The highest BCUT2D eigenvalue weighted by Gasteiger charge is 2.33. The maximum absolute atomic E-state index is 13.0. The number of allylic oxidation sites excluding steroid dienone is 1. The minimum atomic E-state index is -4.52. The van der Waals surface area contributed by atoms with E-state index >= 15 is 0 Å². The molecule has 0 amide bonds. The van der Waals surface area contributed by atoms with Gasteiger partial charge in [0, 0.05) is 12.1 Å². The summed E-state index contributed by atoms with van der Waals surface area (Å²) in [4.78, 5) is 0. The minimum absolute atomic E-state index is 0.414. The van der Waals surface area contributed by atoms with E-state index in [1.54, 1.807) is 0 Å². The zero-order chi connectivity index (χ0) is 12.8. The summed E-state index contributed by atoms with van der Waals surface area (Å²) in [7, 11) is 0. The van der Waals surface area contributed by atoms with Gasteiger partial charge in [-0.15, -0.1) is 0 Å². The topological polar surface area (TPSA) is 23.8 Å². The fraction of sp³-hybridized carbons (Fsp3) is 0.182. The van der Waals surface area contributed by atoms with E-state index in [9.17, 15) is 17.6 Å². The van der Waals surface area contributed by atoms with E-state index in [0.29, 0.717) is 0 Å². The molecule has 1 aromatic carbocycles. The molecule has 0 aromatic heterocycles. The predicted octanol–water partition coefficient (Wildman–Crippen LogP) is 4.02. The number of rotatable bonds is 1. The largest absolute Gasteiger partial charge is 0.417 e. The van der Waals surface area contributed by atoms with Gasteiger partial charge >= 0.3 is 6.18 Å². The van der Waals surface area contributed by atoms with Crippen molar-refractivity contribution in [2.24, 2.45) is 0 Å². The molecule has 0 atom stereocenters. The lowest BCUT2D eigenvalue weighted by Crippen LogP contribution is -2.08. The number of nitriles is 1. The van der Waals surface area contributed by atoms with Gasteiger partial charge < -0.3 is 0 Å². The van der Waals surface area contributed by atoms with Gasteiger partial charge in [-0.25, -0.2) is 9.65 Å². The Morgan fingerprint density at radius 3 is 2.25 bits per heavy atom. The van der Waals surface area contributed by atoms with Crippen LogP contribution in [0, 0.1) is 17.7 Å². The van der Waals surface area contributed by atoms with Gasteiger partial charge in [0.2, 0.25) is 0 Å². The molecule has 5 heteroatoms. The van der Waals surface area contributed by atoms with Crippen molar-refractivity contribution >= 4 is 6.08 Å². The van der Waals surface area contributed by atoms with Crippen molar-refractivity contribution in [1.29, 1.82) is 5.26 Å². The van der Waals surface area contributed by atoms with Crippen LogP contribution in [0.2, 0.25) is 0 Å². The lowest BCUT2D eigenvalue weighted by molar-refractivity contribution is -0.137. The van der Waals surface area contributed by atoms with Crippen LogP contribution in [0.4, 0.5) is 17.6 Å². The molecule has 1 aromatic rings. The monoisotopic (exact) mass is 231 g/mol. The molecule has 0 aliphatic heterocycles. The standard InChI is InChI=1S/C10H8F4.CHN/c1-2-4-7-8(10(12,13)14)5-3-6-9(7)11;1-2/h2-6H,1H3;1H/b4-2+;. The van der Waals surface area contributed by atoms with Gasteiger partial charge in [-0.2, -0.15) is 13.2 Å². The first-order valence-corrected chi connectivity index (χ1v) is 4.21. The van der Waals surface area contributed by atoms with E-state index in [4.69, 9.17) is 5.26 Å². The molecule has 0 aliphatic rings. The van der Waals surface area contributed by atoms with E-state index in [0.717, 1.165) is 24.3 Å². The minimum Gasteiger partial charge on any atom is -0.206 e. The second kappa shape index (κ2) is 5.91. The molecule has 0 spiro atoms. The maximum Gasteiger partial charge on any atom is 0.417 e. The van der Waals surface area contributed by atoms with E-state index in [1.165, 1.54) is 13.0 Å². The van der Waals surface area contributed by atoms with Gasteiger partial charge in [-0.1, -0.05) is 18.2 Å². The van der Waals surface area contributed by atoms with Crippen LogP contribution in [-0.4, -0.2) is 0 Å². The van der Waals surface area contributed by atoms with Crippen molar-refractivity contribution in [3.05, 3.63) is 41.2 Å². The third-order valence-corrected chi connectivity index (χ3v) is 1.69. The molecule has 1 nitrogen and oxygen atoms in total. The molecule has 0 saturated carbocycles. The van der Waals surface area contributed by atoms with Gasteiger partial charge in [-0.3, -0.25) is 0 Å². The van der Waals surface area contributed by atoms with Gasteiger partial charge in [0.15, 0.2) is 0 Å². The first-order valence-electron chi connectivity index (χ1n) is 4.21. The molecule has 0 aliphatic carbocycles. The highest BCUT2D eigenvalue weighted by atomic mass is 19.4. The summed E-state index contributed by atoms with van der Waals surface area (Å²) in [5.74, 6) is -0.863. The summed E-state index contributed by atoms with van der Waals surface area (Å²) in [6, 6.07) is 2.91. The number of hydrogen-bond acceptors (Lipinski definition) is 1. The molecular formula is C11H9F4N. The summed E-state index contributed by atoms with van der Waals surface area (Å²) in [5, 5.41) is 6.50. The molecule has 0 bridgehead atoms. The average molecular weight is 231 g/mol. The molecule has 1 rings (SSSR count). The third kappa shape index (κ3) is 3.39. The first-order chi connectivity index (χ1) is 7.46. The van der Waals surface area contributed by atoms with Crippen molar-refractivity contribution in [1.82, 2.24) is 0 Å². The van der Waals surface area contributed by atoms with Crippen LogP contribution in [0.1, 0.15) is 18.1 Å². The molecule has 0 saturated heterocycles.